The fourth-order valence-corrected chi connectivity index (χ4v) is 3.53. The number of hydrogen-bond acceptors (Lipinski definition) is 5. The number of benzene rings is 3. The average Bonchev–Trinajstić information content (AvgIpc) is 3.18. The molecular weight excluding hydrogens is 404 g/mol. The van der Waals surface area contributed by atoms with Gasteiger partial charge in [0.05, 0.1) is 13.4 Å². The predicted octanol–water partition coefficient (Wildman–Crippen LogP) is 5.05. The van der Waals surface area contributed by atoms with Crippen molar-refractivity contribution in [2.75, 3.05) is 19.0 Å². The van der Waals surface area contributed by atoms with E-state index in [2.05, 4.69) is 51.4 Å². The van der Waals surface area contributed by atoms with Gasteiger partial charge >= 0.3 is 11.9 Å². The van der Waals surface area contributed by atoms with Gasteiger partial charge in [-0.15, -0.1) is 0 Å². The monoisotopic (exact) mass is 428 g/mol. The van der Waals surface area contributed by atoms with Crippen LogP contribution in [-0.2, 0) is 25.5 Å². The molecule has 0 saturated heterocycles. The Hall–Kier alpha value is -4.06. The van der Waals surface area contributed by atoms with Crippen LogP contribution in [0, 0.1) is 0 Å². The summed E-state index contributed by atoms with van der Waals surface area (Å²) in [7, 11) is 1.23. The van der Waals surface area contributed by atoms with Crippen LogP contribution in [0.5, 0.6) is 0 Å². The van der Waals surface area contributed by atoms with Gasteiger partial charge in [0.1, 0.15) is 6.42 Å². The van der Waals surface area contributed by atoms with E-state index in [0.29, 0.717) is 0 Å². The second kappa shape index (κ2) is 9.83. The van der Waals surface area contributed by atoms with E-state index < -0.39 is 18.4 Å². The van der Waals surface area contributed by atoms with Crippen molar-refractivity contribution in [3.63, 3.8) is 0 Å². The lowest BCUT2D eigenvalue weighted by Crippen LogP contribution is -2.09. The molecule has 0 atom stereocenters. The minimum Gasteiger partial charge on any atom is -0.469 e. The number of methoxy groups -OCH3 is 1. The summed E-state index contributed by atoms with van der Waals surface area (Å²) in [5.74, 6) is -1.28. The second-order valence-electron chi connectivity index (χ2n) is 7.39. The van der Waals surface area contributed by atoms with Crippen LogP contribution < -0.4 is 5.32 Å². The van der Waals surface area contributed by atoms with E-state index in [4.69, 9.17) is 4.74 Å². The van der Waals surface area contributed by atoms with Crippen LogP contribution in [0.3, 0.4) is 0 Å². The number of rotatable bonds is 8. The fourth-order valence-electron chi connectivity index (χ4n) is 3.53. The van der Waals surface area contributed by atoms with Gasteiger partial charge in [0.2, 0.25) is 0 Å². The van der Waals surface area contributed by atoms with Gasteiger partial charge in [0.15, 0.2) is 0 Å². The van der Waals surface area contributed by atoms with Gasteiger partial charge in [0.25, 0.3) is 0 Å². The van der Waals surface area contributed by atoms with Gasteiger partial charge in [-0.25, -0.2) is 0 Å². The number of ether oxygens (including phenoxy) is 2. The zero-order chi connectivity index (χ0) is 22.3. The zero-order valence-electron chi connectivity index (χ0n) is 17.8. The van der Waals surface area contributed by atoms with E-state index >= 15 is 0 Å². The Morgan fingerprint density at radius 1 is 0.938 bits per heavy atom. The zero-order valence-corrected chi connectivity index (χ0v) is 17.8. The highest BCUT2D eigenvalue weighted by molar-refractivity contribution is 6.07. The van der Waals surface area contributed by atoms with Crippen LogP contribution in [0.15, 0.2) is 73.0 Å². The summed E-state index contributed by atoms with van der Waals surface area (Å²) in [6.07, 6.45) is 3.44. The molecule has 6 heteroatoms. The van der Waals surface area contributed by atoms with E-state index in [9.17, 15) is 9.59 Å². The van der Waals surface area contributed by atoms with Crippen LogP contribution in [-0.4, -0.2) is 30.6 Å². The highest BCUT2D eigenvalue weighted by atomic mass is 16.5. The molecule has 162 valence electrons. The number of esters is 2. The Morgan fingerprint density at radius 3 is 2.53 bits per heavy atom. The molecule has 2 N–H and O–H groups in total. The predicted molar refractivity (Wildman–Crippen MR) is 126 cm³/mol. The smallest absolute Gasteiger partial charge is 0.321 e. The van der Waals surface area contributed by atoms with Crippen molar-refractivity contribution in [2.45, 2.75) is 12.8 Å². The number of H-pyrrole nitrogens is 1. The summed E-state index contributed by atoms with van der Waals surface area (Å²) in [6.45, 7) is 0.814. The molecule has 0 radical (unpaired) electrons. The first-order chi connectivity index (χ1) is 15.6. The molecule has 0 aliphatic carbocycles. The van der Waals surface area contributed by atoms with Crippen LogP contribution in [0.25, 0.3) is 27.9 Å². The molecule has 4 aromatic rings. The lowest BCUT2D eigenvalue weighted by molar-refractivity contribution is -0.149. The standard InChI is InChI=1S/C26H24N2O4/c1-31-25(29)17-26(30)32-15-13-18-6-9-20(10-7-18)27-14-12-19-8-11-24-22(16-19)21-4-2-3-5-23(21)28-24/h2-11,13,15-16,27-28H,12,14,17H2,1H3/b15-13+. The normalized spacial score (nSPS) is 11.2. The molecule has 0 aliphatic heterocycles. The molecule has 3 aromatic carbocycles. The Bertz CT molecular complexity index is 1270. The number of nitrogens with one attached hydrogen (secondary N) is 2. The molecule has 0 bridgehead atoms. The molecule has 6 nitrogen and oxygen atoms in total. The van der Waals surface area contributed by atoms with Gasteiger partial charge in [-0.05, 0) is 54.0 Å². The first kappa shape index (κ1) is 21.2. The molecule has 0 fully saturated rings. The number of anilines is 1. The van der Waals surface area contributed by atoms with Crippen molar-refractivity contribution in [3.05, 3.63) is 84.1 Å². The molecule has 1 heterocycles. The Morgan fingerprint density at radius 2 is 1.72 bits per heavy atom. The van der Waals surface area contributed by atoms with Gasteiger partial charge in [-0.1, -0.05) is 36.4 Å². The van der Waals surface area contributed by atoms with Crippen molar-refractivity contribution in [3.8, 4) is 0 Å². The van der Waals surface area contributed by atoms with Crippen LogP contribution in [0.1, 0.15) is 17.5 Å². The lowest BCUT2D eigenvalue weighted by Gasteiger charge is -2.07. The maximum Gasteiger partial charge on any atom is 0.321 e. The molecule has 0 unspecified atom stereocenters. The molecule has 4 rings (SSSR count). The lowest BCUT2D eigenvalue weighted by atomic mass is 10.1. The summed E-state index contributed by atoms with van der Waals surface area (Å²) < 4.78 is 9.29. The molecule has 0 saturated carbocycles. The SMILES string of the molecule is COC(=O)CC(=O)O/C=C/c1ccc(NCCc2ccc3[nH]c4ccccc4c3c2)cc1. The first-order valence-electron chi connectivity index (χ1n) is 10.4. The summed E-state index contributed by atoms with van der Waals surface area (Å²) in [4.78, 5) is 25.9. The van der Waals surface area contributed by atoms with Crippen molar-refractivity contribution in [1.82, 2.24) is 4.98 Å². The van der Waals surface area contributed by atoms with Crippen LogP contribution in [0.4, 0.5) is 5.69 Å². The van der Waals surface area contributed by atoms with Crippen molar-refractivity contribution in [1.29, 1.82) is 0 Å². The van der Waals surface area contributed by atoms with Crippen molar-refractivity contribution >= 4 is 45.5 Å². The number of aromatic nitrogens is 1. The Labute approximate surface area is 185 Å². The molecule has 1 aromatic heterocycles. The Balaban J connectivity index is 1.29. The number of aromatic amines is 1. The summed E-state index contributed by atoms with van der Waals surface area (Å²) in [5, 5.41) is 5.93. The molecule has 0 amide bonds. The highest BCUT2D eigenvalue weighted by Crippen LogP contribution is 2.26. The topological polar surface area (TPSA) is 80.4 Å². The number of fused-ring (bicyclic) bond motifs is 3. The van der Waals surface area contributed by atoms with Crippen LogP contribution in [0.2, 0.25) is 0 Å². The maximum absolute atomic E-state index is 11.4. The Kier molecular flexibility index (Phi) is 6.51. The van der Waals surface area contributed by atoms with Gasteiger partial charge in [-0.3, -0.25) is 9.59 Å². The summed E-state index contributed by atoms with van der Waals surface area (Å²) in [5.41, 5.74) is 5.49. The minimum atomic E-state index is -0.655. The molecular formula is C26H24N2O4. The number of carbonyl (C=O) groups is 2. The molecule has 0 aliphatic rings. The first-order valence-corrected chi connectivity index (χ1v) is 10.4. The van der Waals surface area contributed by atoms with Crippen molar-refractivity contribution < 1.29 is 19.1 Å². The van der Waals surface area contributed by atoms with Gasteiger partial charge in [0, 0.05) is 34.0 Å². The van der Waals surface area contributed by atoms with Gasteiger partial charge in [-0.2, -0.15) is 0 Å². The largest absolute Gasteiger partial charge is 0.469 e. The summed E-state index contributed by atoms with van der Waals surface area (Å²) >= 11 is 0. The number of para-hydroxylation sites is 1. The number of carbonyl (C=O) groups excluding carboxylic acids is 2. The average molecular weight is 428 g/mol. The highest BCUT2D eigenvalue weighted by Gasteiger charge is 2.09. The van der Waals surface area contributed by atoms with Crippen molar-refractivity contribution in [2.24, 2.45) is 0 Å². The number of hydrogen-bond donors (Lipinski definition) is 2. The molecule has 0 spiro atoms. The third kappa shape index (κ3) is 5.16. The fraction of sp³-hybridized carbons (Fsp3) is 0.154. The van der Waals surface area contributed by atoms with Crippen LogP contribution >= 0.6 is 0 Å². The molecule has 32 heavy (non-hydrogen) atoms. The second-order valence-corrected chi connectivity index (χ2v) is 7.39. The maximum atomic E-state index is 11.4. The van der Waals surface area contributed by atoms with E-state index in [1.54, 1.807) is 6.08 Å². The van der Waals surface area contributed by atoms with E-state index in [1.165, 1.54) is 29.7 Å². The minimum absolute atomic E-state index is 0.406. The third-order valence-corrected chi connectivity index (χ3v) is 5.20. The van der Waals surface area contributed by atoms with Gasteiger partial charge < -0.3 is 19.8 Å². The van der Waals surface area contributed by atoms with E-state index in [1.807, 2.05) is 30.3 Å². The van der Waals surface area contributed by atoms with E-state index in [0.717, 1.165) is 35.2 Å². The quantitative estimate of drug-likeness (QED) is 0.233. The summed E-state index contributed by atoms with van der Waals surface area (Å²) in [6, 6.07) is 22.7. The third-order valence-electron chi connectivity index (χ3n) is 5.20. The van der Waals surface area contributed by atoms with E-state index in [-0.39, 0.29) is 0 Å².